The number of aromatic carboxylic acids is 1. The molecule has 1 aromatic rings. The Morgan fingerprint density at radius 1 is 1.42 bits per heavy atom. The number of sulfonamides is 1. The molecule has 0 atom stereocenters. The minimum absolute atomic E-state index is 0.103. The highest BCUT2D eigenvalue weighted by molar-refractivity contribution is 7.89. The molecule has 8 heteroatoms. The van der Waals surface area contributed by atoms with Gasteiger partial charge in [-0.1, -0.05) is 0 Å². The third-order valence-corrected chi connectivity index (χ3v) is 3.79. The number of carboxylic acid groups (broad SMARTS) is 1. The summed E-state index contributed by atoms with van der Waals surface area (Å²) in [4.78, 5) is 11.8. The van der Waals surface area contributed by atoms with Gasteiger partial charge in [0.1, 0.15) is 10.7 Å². The van der Waals surface area contributed by atoms with Crippen molar-refractivity contribution in [1.29, 1.82) is 0 Å². The van der Waals surface area contributed by atoms with Crippen molar-refractivity contribution < 1.29 is 22.7 Å². The molecule has 0 amide bonds. The average molecular weight is 290 g/mol. The monoisotopic (exact) mass is 290 g/mol. The van der Waals surface area contributed by atoms with Crippen LogP contribution >= 0.6 is 0 Å². The maximum absolute atomic E-state index is 13.5. The molecule has 0 radical (unpaired) electrons. The Balaban J connectivity index is 3.00. The summed E-state index contributed by atoms with van der Waals surface area (Å²) in [5.41, 5.74) is -0.283. The number of rotatable bonds is 6. The van der Waals surface area contributed by atoms with Crippen LogP contribution in [-0.2, 0) is 10.0 Å². The highest BCUT2D eigenvalue weighted by atomic mass is 32.2. The van der Waals surface area contributed by atoms with Gasteiger partial charge in [-0.25, -0.2) is 22.3 Å². The number of carbonyl (C=O) groups is 1. The molecular weight excluding hydrogens is 275 g/mol. The zero-order valence-corrected chi connectivity index (χ0v) is 11.4. The smallest absolute Gasteiger partial charge is 0.335 e. The van der Waals surface area contributed by atoms with Crippen LogP contribution < -0.4 is 4.72 Å². The fraction of sp³-hybridized carbons (Fsp3) is 0.364. The quantitative estimate of drug-likeness (QED) is 0.790. The SMILES string of the molecule is CN(C)CCNS(=O)(=O)c1cc(C(=O)O)ccc1F. The summed E-state index contributed by atoms with van der Waals surface area (Å²) in [5.74, 6) is -2.30. The maximum atomic E-state index is 13.5. The minimum atomic E-state index is -4.06. The summed E-state index contributed by atoms with van der Waals surface area (Å²) >= 11 is 0. The molecule has 0 aliphatic heterocycles. The van der Waals surface area contributed by atoms with Gasteiger partial charge in [-0.15, -0.1) is 0 Å². The summed E-state index contributed by atoms with van der Waals surface area (Å²) in [6.45, 7) is 0.547. The lowest BCUT2D eigenvalue weighted by Crippen LogP contribution is -2.32. The molecule has 0 aliphatic carbocycles. The summed E-state index contributed by atoms with van der Waals surface area (Å²) in [7, 11) is -0.530. The number of likely N-dealkylation sites (N-methyl/N-ethyl adjacent to an activating group) is 1. The molecule has 1 rings (SSSR count). The third-order valence-electron chi connectivity index (χ3n) is 2.32. The number of hydrogen-bond acceptors (Lipinski definition) is 4. The summed E-state index contributed by atoms with van der Waals surface area (Å²) < 4.78 is 39.4. The Morgan fingerprint density at radius 3 is 2.58 bits per heavy atom. The second-order valence-electron chi connectivity index (χ2n) is 4.15. The van der Waals surface area contributed by atoms with Crippen molar-refractivity contribution in [1.82, 2.24) is 9.62 Å². The van der Waals surface area contributed by atoms with Gasteiger partial charge in [0.25, 0.3) is 0 Å². The second kappa shape index (κ2) is 6.09. The van der Waals surface area contributed by atoms with E-state index in [2.05, 4.69) is 4.72 Å². The number of nitrogens with one attached hydrogen (secondary N) is 1. The Hall–Kier alpha value is -1.51. The fourth-order valence-corrected chi connectivity index (χ4v) is 2.45. The predicted octanol–water partition coefficient (Wildman–Crippen LogP) is 0.364. The van der Waals surface area contributed by atoms with Gasteiger partial charge in [0.05, 0.1) is 5.56 Å². The first-order valence-corrected chi connectivity index (χ1v) is 6.89. The number of hydrogen-bond donors (Lipinski definition) is 2. The van der Waals surface area contributed by atoms with Crippen molar-refractivity contribution in [2.45, 2.75) is 4.90 Å². The Labute approximate surface area is 110 Å². The molecule has 0 heterocycles. The van der Waals surface area contributed by atoms with E-state index in [9.17, 15) is 17.6 Å². The van der Waals surface area contributed by atoms with E-state index in [1.165, 1.54) is 0 Å². The molecule has 6 nitrogen and oxygen atoms in total. The molecule has 0 aromatic heterocycles. The first-order valence-electron chi connectivity index (χ1n) is 5.41. The molecule has 0 spiro atoms. The van der Waals surface area contributed by atoms with Gasteiger partial charge >= 0.3 is 5.97 Å². The molecule has 0 fully saturated rings. The van der Waals surface area contributed by atoms with E-state index in [4.69, 9.17) is 5.11 Å². The van der Waals surface area contributed by atoms with Crippen LogP contribution in [0, 0.1) is 5.82 Å². The van der Waals surface area contributed by atoms with E-state index in [1.807, 2.05) is 0 Å². The van der Waals surface area contributed by atoms with Gasteiger partial charge in [-0.2, -0.15) is 0 Å². The van der Waals surface area contributed by atoms with E-state index >= 15 is 0 Å². The summed E-state index contributed by atoms with van der Waals surface area (Å²) in [6, 6.07) is 2.64. The molecule has 0 saturated carbocycles. The number of benzene rings is 1. The highest BCUT2D eigenvalue weighted by Crippen LogP contribution is 2.16. The van der Waals surface area contributed by atoms with Crippen LogP contribution in [0.2, 0.25) is 0 Å². The normalized spacial score (nSPS) is 11.8. The molecule has 2 N–H and O–H groups in total. The molecule has 1 aromatic carbocycles. The third kappa shape index (κ3) is 4.27. The lowest BCUT2D eigenvalue weighted by atomic mass is 10.2. The molecule has 0 bridgehead atoms. The van der Waals surface area contributed by atoms with Crippen LogP contribution in [0.5, 0.6) is 0 Å². The van der Waals surface area contributed by atoms with Crippen molar-refractivity contribution in [2.24, 2.45) is 0 Å². The van der Waals surface area contributed by atoms with Gasteiger partial charge in [0, 0.05) is 13.1 Å². The Bertz CT molecular complexity index is 572. The number of nitrogens with zero attached hydrogens (tertiary/aromatic N) is 1. The lowest BCUT2D eigenvalue weighted by Gasteiger charge is -2.11. The van der Waals surface area contributed by atoms with E-state index in [1.54, 1.807) is 19.0 Å². The molecular formula is C11H15FN2O4S. The van der Waals surface area contributed by atoms with Crippen LogP contribution in [0.3, 0.4) is 0 Å². The molecule has 0 unspecified atom stereocenters. The Morgan fingerprint density at radius 2 is 2.05 bits per heavy atom. The lowest BCUT2D eigenvalue weighted by molar-refractivity contribution is 0.0696. The van der Waals surface area contributed by atoms with Gasteiger partial charge in [-0.3, -0.25) is 0 Å². The van der Waals surface area contributed by atoms with E-state index in [0.29, 0.717) is 6.54 Å². The van der Waals surface area contributed by atoms with Gasteiger partial charge in [-0.05, 0) is 32.3 Å². The second-order valence-corrected chi connectivity index (χ2v) is 5.89. The van der Waals surface area contributed by atoms with Gasteiger partial charge in [0.15, 0.2) is 0 Å². The summed E-state index contributed by atoms with van der Waals surface area (Å²) in [5, 5.41) is 8.77. The largest absolute Gasteiger partial charge is 0.478 e. The van der Waals surface area contributed by atoms with E-state index in [0.717, 1.165) is 18.2 Å². The fourth-order valence-electron chi connectivity index (χ4n) is 1.32. The minimum Gasteiger partial charge on any atom is -0.478 e. The first-order chi connectivity index (χ1) is 8.74. The first kappa shape index (κ1) is 15.5. The van der Waals surface area contributed by atoms with Crippen molar-refractivity contribution in [3.63, 3.8) is 0 Å². The van der Waals surface area contributed by atoms with Crippen LogP contribution in [0.1, 0.15) is 10.4 Å². The van der Waals surface area contributed by atoms with Crippen LogP contribution in [0.15, 0.2) is 23.1 Å². The molecule has 106 valence electrons. The average Bonchev–Trinajstić information content (AvgIpc) is 2.28. The highest BCUT2D eigenvalue weighted by Gasteiger charge is 2.20. The van der Waals surface area contributed by atoms with Crippen molar-refractivity contribution >= 4 is 16.0 Å². The van der Waals surface area contributed by atoms with E-state index in [-0.39, 0.29) is 12.1 Å². The van der Waals surface area contributed by atoms with Crippen LogP contribution in [0.25, 0.3) is 0 Å². The standard InChI is InChI=1S/C11H15FN2O4S/c1-14(2)6-5-13-19(17,18)10-7-8(11(15)16)3-4-9(10)12/h3-4,7,13H,5-6H2,1-2H3,(H,15,16). The van der Waals surface area contributed by atoms with Crippen LogP contribution in [0.4, 0.5) is 4.39 Å². The zero-order valence-electron chi connectivity index (χ0n) is 10.6. The molecule has 19 heavy (non-hydrogen) atoms. The summed E-state index contributed by atoms with van der Waals surface area (Å²) in [6.07, 6.45) is 0. The molecule has 0 aliphatic rings. The van der Waals surface area contributed by atoms with Crippen molar-refractivity contribution in [2.75, 3.05) is 27.2 Å². The van der Waals surface area contributed by atoms with Crippen molar-refractivity contribution in [3.05, 3.63) is 29.6 Å². The van der Waals surface area contributed by atoms with Crippen molar-refractivity contribution in [3.8, 4) is 0 Å². The van der Waals surface area contributed by atoms with E-state index < -0.39 is 26.7 Å². The topological polar surface area (TPSA) is 86.7 Å². The predicted molar refractivity (Wildman–Crippen MR) is 67.1 cm³/mol. The Kier molecular flexibility index (Phi) is 4.98. The number of carboxylic acids is 1. The van der Waals surface area contributed by atoms with Gasteiger partial charge in [0.2, 0.25) is 10.0 Å². The zero-order chi connectivity index (χ0) is 14.6. The molecule has 0 saturated heterocycles. The number of halogens is 1. The van der Waals surface area contributed by atoms with Crippen LogP contribution in [-0.4, -0.2) is 51.6 Å². The maximum Gasteiger partial charge on any atom is 0.335 e. The van der Waals surface area contributed by atoms with Gasteiger partial charge < -0.3 is 10.0 Å².